The minimum absolute atomic E-state index is 0.0400. The van der Waals surface area contributed by atoms with Gasteiger partial charge in [0, 0.05) is 12.6 Å². The van der Waals surface area contributed by atoms with Crippen LogP contribution in [0, 0.1) is 11.6 Å². The Morgan fingerprint density at radius 1 is 1.16 bits per heavy atom. The number of hydrogen-bond donors (Lipinski definition) is 2. The van der Waals surface area contributed by atoms with Gasteiger partial charge in [-0.15, -0.1) is 11.3 Å². The number of fused-ring (bicyclic) bond motifs is 4. The lowest BCUT2D eigenvalue weighted by atomic mass is 9.95. The van der Waals surface area contributed by atoms with Gasteiger partial charge >= 0.3 is 5.97 Å². The minimum Gasteiger partial charge on any atom is -0.458 e. The van der Waals surface area contributed by atoms with E-state index in [0.29, 0.717) is 9.85 Å². The maximum atomic E-state index is 14.0. The van der Waals surface area contributed by atoms with Gasteiger partial charge in [0.15, 0.2) is 11.6 Å². The molecular weight excluding hydrogens is 452 g/mol. The average molecular weight is 464 g/mol. The second kappa shape index (κ2) is 6.89. The van der Waals surface area contributed by atoms with E-state index in [-0.39, 0.29) is 34.3 Å². The quantitative estimate of drug-likeness (QED) is 0.439. The highest BCUT2D eigenvalue weighted by atomic mass is 35.5. The van der Waals surface area contributed by atoms with Crippen LogP contribution in [-0.4, -0.2) is 40.4 Å². The fraction of sp³-hybridized carbons (Fsp3) is 0.150. The van der Waals surface area contributed by atoms with Crippen LogP contribution in [0.5, 0.6) is 0 Å². The summed E-state index contributed by atoms with van der Waals surface area (Å²) >= 11 is 7.28. The summed E-state index contributed by atoms with van der Waals surface area (Å²) in [6.45, 7) is -0.213. The molecule has 1 aromatic carbocycles. The third kappa shape index (κ3) is 3.02. The zero-order chi connectivity index (χ0) is 22.0. The number of pyridine rings is 1. The van der Waals surface area contributed by atoms with Gasteiger partial charge < -0.3 is 19.6 Å². The largest absolute Gasteiger partial charge is 0.458 e. The van der Waals surface area contributed by atoms with Gasteiger partial charge in [0.2, 0.25) is 0 Å². The van der Waals surface area contributed by atoms with E-state index >= 15 is 0 Å². The van der Waals surface area contributed by atoms with Crippen LogP contribution in [0.4, 0.5) is 8.78 Å². The van der Waals surface area contributed by atoms with Crippen molar-refractivity contribution in [1.29, 1.82) is 0 Å². The number of likely N-dealkylation sites (N-methyl/N-ethyl adjacent to an activating group) is 1. The first-order valence-corrected chi connectivity index (χ1v) is 10.2. The van der Waals surface area contributed by atoms with Crippen molar-refractivity contribution in [2.24, 2.45) is 0 Å². The Morgan fingerprint density at radius 2 is 1.87 bits per heavy atom. The molecule has 0 spiro atoms. The Bertz CT molecular complexity index is 1440. The van der Waals surface area contributed by atoms with Crippen LogP contribution in [0.3, 0.4) is 0 Å². The fourth-order valence-electron chi connectivity index (χ4n) is 3.80. The van der Waals surface area contributed by atoms with Gasteiger partial charge in [-0.1, -0.05) is 11.6 Å². The lowest BCUT2D eigenvalue weighted by Crippen LogP contribution is -2.39. The standard InChI is InChI=1S/C20H12ClF2N3O4S/c1-26(19(28)12-4-14-11(24-12)5-15(21)31-14)13-6-30-20(29)17-16(13)7-2-9(22)10(23)3-8(7)18(27)25-17/h2-5,13,24H,6H2,1H3,(H,25,27)/t13-/m0/s1. The average Bonchev–Trinajstić information content (AvgIpc) is 3.27. The number of cyclic esters (lactones) is 1. The number of amides is 1. The van der Waals surface area contributed by atoms with Crippen molar-refractivity contribution in [1.82, 2.24) is 14.9 Å². The van der Waals surface area contributed by atoms with Crippen molar-refractivity contribution < 1.29 is 23.1 Å². The number of rotatable bonds is 2. The Labute approximate surface area is 181 Å². The van der Waals surface area contributed by atoms with Crippen molar-refractivity contribution in [2.75, 3.05) is 13.7 Å². The molecule has 1 atom stereocenters. The number of H-pyrrole nitrogens is 2. The van der Waals surface area contributed by atoms with E-state index < -0.39 is 35.1 Å². The topological polar surface area (TPSA) is 95.3 Å². The molecule has 11 heteroatoms. The number of halogens is 3. The van der Waals surface area contributed by atoms with E-state index in [1.165, 1.54) is 23.3 Å². The van der Waals surface area contributed by atoms with Gasteiger partial charge in [0.05, 0.1) is 26.0 Å². The number of nitrogens with one attached hydrogen (secondary N) is 2. The van der Waals surface area contributed by atoms with Gasteiger partial charge in [0.1, 0.15) is 18.0 Å². The first kappa shape index (κ1) is 19.7. The lowest BCUT2D eigenvalue weighted by molar-refractivity contribution is 0.0281. The number of nitrogens with zero attached hydrogens (tertiary/aromatic N) is 1. The van der Waals surface area contributed by atoms with E-state index in [0.717, 1.165) is 16.8 Å². The monoisotopic (exact) mass is 463 g/mol. The number of esters is 1. The smallest absolute Gasteiger partial charge is 0.355 e. The fourth-order valence-corrected chi connectivity index (χ4v) is 4.94. The highest BCUT2D eigenvalue weighted by Gasteiger charge is 2.36. The molecule has 3 aromatic heterocycles. The first-order chi connectivity index (χ1) is 14.7. The number of thiophene rings is 1. The number of aromatic nitrogens is 2. The van der Waals surface area contributed by atoms with Crippen molar-refractivity contribution in [3.05, 3.63) is 67.5 Å². The van der Waals surface area contributed by atoms with Crippen LogP contribution in [-0.2, 0) is 4.74 Å². The number of benzene rings is 1. The van der Waals surface area contributed by atoms with Crippen LogP contribution >= 0.6 is 22.9 Å². The highest BCUT2D eigenvalue weighted by molar-refractivity contribution is 7.22. The Balaban J connectivity index is 1.64. The van der Waals surface area contributed by atoms with Crippen LogP contribution in [0.25, 0.3) is 21.0 Å². The summed E-state index contributed by atoms with van der Waals surface area (Å²) in [6.07, 6.45) is 0. The molecule has 0 unspecified atom stereocenters. The molecule has 0 fully saturated rings. The maximum absolute atomic E-state index is 14.0. The predicted octanol–water partition coefficient (Wildman–Crippen LogP) is 3.99. The molecule has 31 heavy (non-hydrogen) atoms. The summed E-state index contributed by atoms with van der Waals surface area (Å²) in [5, 5.41) is -0.0913. The van der Waals surface area contributed by atoms with Crippen molar-refractivity contribution in [3.8, 4) is 0 Å². The minimum atomic E-state index is -1.19. The summed E-state index contributed by atoms with van der Waals surface area (Å²) in [5.41, 5.74) is 0.218. The molecule has 0 saturated carbocycles. The zero-order valence-electron chi connectivity index (χ0n) is 15.7. The molecule has 7 nitrogen and oxygen atoms in total. The molecule has 1 aliphatic rings. The Kier molecular flexibility index (Phi) is 4.38. The summed E-state index contributed by atoms with van der Waals surface area (Å²) in [5.74, 6) is -3.60. The number of ether oxygens (including phenoxy) is 1. The molecular formula is C20H12ClF2N3O4S. The van der Waals surface area contributed by atoms with Gasteiger partial charge in [-0.05, 0) is 29.7 Å². The second-order valence-electron chi connectivity index (χ2n) is 7.10. The Morgan fingerprint density at radius 3 is 2.58 bits per heavy atom. The van der Waals surface area contributed by atoms with Gasteiger partial charge in [-0.25, -0.2) is 13.6 Å². The van der Waals surface area contributed by atoms with Crippen molar-refractivity contribution in [3.63, 3.8) is 0 Å². The molecule has 0 aliphatic carbocycles. The van der Waals surface area contributed by atoms with E-state index in [9.17, 15) is 23.2 Å². The molecule has 0 bridgehead atoms. The maximum Gasteiger partial charge on any atom is 0.355 e. The zero-order valence-corrected chi connectivity index (χ0v) is 17.3. The third-order valence-electron chi connectivity index (χ3n) is 5.31. The number of hydrogen-bond acceptors (Lipinski definition) is 5. The van der Waals surface area contributed by atoms with E-state index in [1.54, 1.807) is 12.1 Å². The molecule has 2 N–H and O–H groups in total. The summed E-state index contributed by atoms with van der Waals surface area (Å²) in [4.78, 5) is 44.4. The molecule has 0 saturated heterocycles. The molecule has 1 aliphatic heterocycles. The molecule has 158 valence electrons. The van der Waals surface area contributed by atoms with Crippen LogP contribution in [0.1, 0.15) is 32.6 Å². The van der Waals surface area contributed by atoms with Gasteiger partial charge in [-0.2, -0.15) is 0 Å². The van der Waals surface area contributed by atoms with E-state index in [2.05, 4.69) is 9.97 Å². The highest BCUT2D eigenvalue weighted by Crippen LogP contribution is 2.35. The summed E-state index contributed by atoms with van der Waals surface area (Å²) in [7, 11) is 1.49. The Hall–Kier alpha value is -3.24. The summed E-state index contributed by atoms with van der Waals surface area (Å²) in [6, 6.07) is 4.14. The predicted molar refractivity (Wildman–Crippen MR) is 111 cm³/mol. The van der Waals surface area contributed by atoms with Crippen molar-refractivity contribution in [2.45, 2.75) is 6.04 Å². The van der Waals surface area contributed by atoms with E-state index in [4.69, 9.17) is 16.3 Å². The molecule has 4 heterocycles. The lowest BCUT2D eigenvalue weighted by Gasteiger charge is -2.32. The van der Waals surface area contributed by atoms with Crippen LogP contribution in [0.15, 0.2) is 29.1 Å². The summed E-state index contributed by atoms with van der Waals surface area (Å²) < 4.78 is 34.3. The molecule has 1 amide bonds. The molecule has 4 aromatic rings. The van der Waals surface area contributed by atoms with E-state index in [1.807, 2.05) is 0 Å². The number of aromatic amines is 2. The van der Waals surface area contributed by atoms with Gasteiger partial charge in [-0.3, -0.25) is 9.59 Å². The van der Waals surface area contributed by atoms with Crippen LogP contribution < -0.4 is 5.56 Å². The van der Waals surface area contributed by atoms with Crippen LogP contribution in [0.2, 0.25) is 4.34 Å². The first-order valence-electron chi connectivity index (χ1n) is 9.02. The van der Waals surface area contributed by atoms with Gasteiger partial charge in [0.25, 0.3) is 11.5 Å². The molecule has 0 radical (unpaired) electrons. The number of carbonyl (C=O) groups is 2. The SMILES string of the molecule is CN(C(=O)c1cc2sc(Cl)cc2[nH]1)[C@H]1COC(=O)c2[nH]c(=O)c3cc(F)c(F)cc3c21. The normalized spacial score (nSPS) is 15.9. The second-order valence-corrected chi connectivity index (χ2v) is 8.81. The number of carbonyl (C=O) groups excluding carboxylic acids is 2. The van der Waals surface area contributed by atoms with Crippen molar-refractivity contribution >= 4 is 55.8 Å². The third-order valence-corrected chi connectivity index (χ3v) is 6.52. The molecule has 5 rings (SSSR count).